The summed E-state index contributed by atoms with van der Waals surface area (Å²) in [7, 11) is 0. The zero-order chi connectivity index (χ0) is 9.30. The zero-order valence-corrected chi connectivity index (χ0v) is 10.8. The predicted octanol–water partition coefficient (Wildman–Crippen LogP) is 4.15. The molecule has 0 aliphatic carbocycles. The van der Waals surface area contributed by atoms with Crippen molar-refractivity contribution in [2.45, 2.75) is 6.43 Å². The number of aromatic nitrogens is 1. The Morgan fingerprint density at radius 1 is 1.42 bits per heavy atom. The Balaban J connectivity index is 3.33. The number of hydrogen-bond donors (Lipinski definition) is 0. The van der Waals surface area contributed by atoms with Crippen LogP contribution in [0.3, 0.4) is 0 Å². The van der Waals surface area contributed by atoms with Gasteiger partial charge in [-0.3, -0.25) is 0 Å². The average Bonchev–Trinajstić information content (AvgIpc) is 1.97. The van der Waals surface area contributed by atoms with E-state index in [4.69, 9.17) is 0 Å². The third kappa shape index (κ3) is 2.14. The van der Waals surface area contributed by atoms with Crippen LogP contribution < -0.4 is 0 Å². The van der Waals surface area contributed by atoms with Crippen LogP contribution in [0.25, 0.3) is 0 Å². The van der Waals surface area contributed by atoms with E-state index in [0.717, 1.165) is 0 Å². The maximum Gasteiger partial charge on any atom is 0.266 e. The second-order valence-corrected chi connectivity index (χ2v) is 4.61. The Hall–Kier alpha value is 0.700. The van der Waals surface area contributed by atoms with Crippen LogP contribution in [0.5, 0.6) is 0 Å². The molecule has 0 radical (unpaired) electrons. The Morgan fingerprint density at radius 2 is 2.00 bits per heavy atom. The number of nitrogens with zero attached hydrogens (tertiary/aromatic N) is 1. The number of alkyl halides is 2. The highest BCUT2D eigenvalue weighted by atomic mass is 127. The van der Waals surface area contributed by atoms with Gasteiger partial charge in [-0.2, -0.15) is 0 Å². The molecule has 0 aliphatic heterocycles. The lowest BCUT2D eigenvalue weighted by Gasteiger charge is -2.06. The second-order valence-electron chi connectivity index (χ2n) is 1.93. The number of pyridine rings is 1. The number of rotatable bonds is 1. The normalized spacial score (nSPS) is 10.8. The highest BCUT2D eigenvalue weighted by molar-refractivity contribution is 14.1. The van der Waals surface area contributed by atoms with Gasteiger partial charge in [0.15, 0.2) is 0 Å². The quantitative estimate of drug-likeness (QED) is 0.499. The second kappa shape index (κ2) is 4.28. The summed E-state index contributed by atoms with van der Waals surface area (Å²) in [5.74, 6) is 0. The van der Waals surface area contributed by atoms with E-state index in [-0.39, 0.29) is 5.56 Å². The van der Waals surface area contributed by atoms with Crippen LogP contribution in [-0.2, 0) is 0 Å². The van der Waals surface area contributed by atoms with Crippen molar-refractivity contribution >= 4 is 54.5 Å². The van der Waals surface area contributed by atoms with Crippen LogP contribution in [0.4, 0.5) is 8.78 Å². The average molecular weight is 413 g/mol. The molecule has 0 aromatic carbocycles. The smallest absolute Gasteiger partial charge is 0.247 e. The van der Waals surface area contributed by atoms with Crippen LogP contribution in [-0.4, -0.2) is 4.98 Å². The van der Waals surface area contributed by atoms with Gasteiger partial charge in [0.2, 0.25) is 0 Å². The van der Waals surface area contributed by atoms with E-state index in [0.29, 0.717) is 12.6 Å². The van der Waals surface area contributed by atoms with Gasteiger partial charge in [-0.05, 0) is 54.5 Å². The Bertz CT molecular complexity index is 306. The van der Waals surface area contributed by atoms with Crippen molar-refractivity contribution in [3.63, 3.8) is 0 Å². The van der Waals surface area contributed by atoms with Crippen molar-refractivity contribution in [1.29, 1.82) is 0 Å². The molecule has 1 aromatic rings. The minimum atomic E-state index is -2.48. The molecule has 0 spiro atoms. The Kier molecular flexibility index (Phi) is 3.84. The molecular weight excluding hydrogens is 411 g/mol. The van der Waals surface area contributed by atoms with Crippen molar-refractivity contribution in [1.82, 2.24) is 4.98 Å². The number of halogens is 5. The van der Waals surface area contributed by atoms with Gasteiger partial charge in [-0.1, -0.05) is 0 Å². The van der Waals surface area contributed by atoms with E-state index in [1.807, 2.05) is 22.6 Å². The van der Waals surface area contributed by atoms with Crippen LogP contribution in [0.2, 0.25) is 0 Å². The third-order valence-electron chi connectivity index (χ3n) is 1.18. The summed E-state index contributed by atoms with van der Waals surface area (Å²) in [6.07, 6.45) is -1.13. The first-order chi connectivity index (χ1) is 5.54. The zero-order valence-electron chi connectivity index (χ0n) is 5.49. The Labute approximate surface area is 98.3 Å². The standard InChI is InChI=1S/C6H2Br2F2IN/c7-2-1-12-5(8)4(11)3(2)6(9)10/h1,6H. The largest absolute Gasteiger partial charge is 0.266 e. The molecule has 0 amide bonds. The van der Waals surface area contributed by atoms with Crippen molar-refractivity contribution in [3.8, 4) is 0 Å². The van der Waals surface area contributed by atoms with Gasteiger partial charge in [-0.15, -0.1) is 0 Å². The molecule has 0 aliphatic rings. The predicted molar refractivity (Wildman–Crippen MR) is 57.3 cm³/mol. The summed E-state index contributed by atoms with van der Waals surface area (Å²) >= 11 is 7.92. The lowest BCUT2D eigenvalue weighted by Crippen LogP contribution is -1.94. The molecule has 1 heterocycles. The van der Waals surface area contributed by atoms with Crippen molar-refractivity contribution in [2.75, 3.05) is 0 Å². The monoisotopic (exact) mass is 411 g/mol. The van der Waals surface area contributed by atoms with Crippen molar-refractivity contribution < 1.29 is 8.78 Å². The van der Waals surface area contributed by atoms with Gasteiger partial charge in [0, 0.05) is 16.2 Å². The fraction of sp³-hybridized carbons (Fsp3) is 0.167. The first kappa shape index (κ1) is 10.8. The van der Waals surface area contributed by atoms with E-state index >= 15 is 0 Å². The molecule has 1 rings (SSSR count). The first-order valence-corrected chi connectivity index (χ1v) is 5.48. The summed E-state index contributed by atoms with van der Waals surface area (Å²) in [6.45, 7) is 0. The highest BCUT2D eigenvalue weighted by Crippen LogP contribution is 2.33. The lowest BCUT2D eigenvalue weighted by molar-refractivity contribution is 0.149. The van der Waals surface area contributed by atoms with Crippen molar-refractivity contribution in [2.24, 2.45) is 0 Å². The molecule has 1 aromatic heterocycles. The van der Waals surface area contributed by atoms with Gasteiger partial charge in [0.1, 0.15) is 4.60 Å². The summed E-state index contributed by atoms with van der Waals surface area (Å²) < 4.78 is 26.0. The fourth-order valence-electron chi connectivity index (χ4n) is 0.656. The molecule has 6 heteroatoms. The maximum atomic E-state index is 12.4. The fourth-order valence-corrected chi connectivity index (χ4v) is 2.48. The van der Waals surface area contributed by atoms with E-state index < -0.39 is 6.43 Å². The van der Waals surface area contributed by atoms with Crippen LogP contribution in [0.1, 0.15) is 12.0 Å². The first-order valence-electron chi connectivity index (χ1n) is 2.81. The molecule has 0 N–H and O–H groups in total. The molecule has 0 unspecified atom stereocenters. The summed E-state index contributed by atoms with van der Waals surface area (Å²) in [5, 5.41) is 0. The molecule has 66 valence electrons. The summed E-state index contributed by atoms with van der Waals surface area (Å²) in [4.78, 5) is 3.85. The highest BCUT2D eigenvalue weighted by Gasteiger charge is 2.17. The van der Waals surface area contributed by atoms with E-state index in [1.165, 1.54) is 6.20 Å². The summed E-state index contributed by atoms with van der Waals surface area (Å²) in [6, 6.07) is 0. The molecule has 0 atom stereocenters. The molecule has 12 heavy (non-hydrogen) atoms. The minimum Gasteiger partial charge on any atom is -0.247 e. The molecule has 0 bridgehead atoms. The van der Waals surface area contributed by atoms with E-state index in [1.54, 1.807) is 0 Å². The van der Waals surface area contributed by atoms with Gasteiger partial charge in [0.25, 0.3) is 6.43 Å². The van der Waals surface area contributed by atoms with Gasteiger partial charge >= 0.3 is 0 Å². The molecule has 0 saturated heterocycles. The van der Waals surface area contributed by atoms with Crippen LogP contribution in [0, 0.1) is 3.57 Å². The molecule has 0 saturated carbocycles. The number of hydrogen-bond acceptors (Lipinski definition) is 1. The van der Waals surface area contributed by atoms with Gasteiger partial charge < -0.3 is 0 Å². The third-order valence-corrected chi connectivity index (χ3v) is 4.25. The van der Waals surface area contributed by atoms with Crippen LogP contribution in [0.15, 0.2) is 15.3 Å². The van der Waals surface area contributed by atoms with Crippen molar-refractivity contribution in [3.05, 3.63) is 24.4 Å². The SMILES string of the molecule is FC(F)c1c(Br)cnc(Br)c1I. The summed E-state index contributed by atoms with van der Waals surface area (Å²) in [5.41, 5.74) is -0.0162. The Morgan fingerprint density at radius 3 is 2.42 bits per heavy atom. The van der Waals surface area contributed by atoms with Crippen LogP contribution >= 0.6 is 54.5 Å². The van der Waals surface area contributed by atoms with Gasteiger partial charge in [0.05, 0.1) is 3.57 Å². The topological polar surface area (TPSA) is 12.9 Å². The van der Waals surface area contributed by atoms with E-state index in [2.05, 4.69) is 36.8 Å². The lowest BCUT2D eigenvalue weighted by atomic mass is 10.3. The minimum absolute atomic E-state index is 0.0162. The maximum absolute atomic E-state index is 12.4. The molecule has 1 nitrogen and oxygen atoms in total. The van der Waals surface area contributed by atoms with E-state index in [9.17, 15) is 8.78 Å². The van der Waals surface area contributed by atoms with Gasteiger partial charge in [-0.25, -0.2) is 13.8 Å². The molecular formula is C6H2Br2F2IN. The molecule has 0 fully saturated rings.